The first kappa shape index (κ1) is 12.4. The number of nitrogens with zero attached hydrogens (tertiary/aromatic N) is 2. The number of hydrogen-bond donors (Lipinski definition) is 1. The number of halogens is 1. The number of carbonyl (C=O) groups excluding carboxylic acids is 2. The molecule has 0 bridgehead atoms. The lowest BCUT2D eigenvalue weighted by molar-refractivity contribution is -0.140. The van der Waals surface area contributed by atoms with Gasteiger partial charge in [-0.25, -0.2) is 9.97 Å². The van der Waals surface area contributed by atoms with E-state index >= 15 is 0 Å². The van der Waals surface area contributed by atoms with Crippen molar-refractivity contribution in [3.8, 4) is 0 Å². The van der Waals surface area contributed by atoms with Gasteiger partial charge in [0, 0.05) is 6.54 Å². The molecule has 86 valence electrons. The van der Waals surface area contributed by atoms with Crippen LogP contribution in [0.1, 0.15) is 16.9 Å². The lowest BCUT2D eigenvalue weighted by Crippen LogP contribution is -2.27. The van der Waals surface area contributed by atoms with E-state index in [0.717, 1.165) is 0 Å². The lowest BCUT2D eigenvalue weighted by atomic mass is 10.4. The van der Waals surface area contributed by atoms with Gasteiger partial charge < -0.3 is 10.1 Å². The normalized spacial score (nSPS) is 9.62. The smallest absolute Gasteiger partial charge is 0.307 e. The number of ether oxygens (including phenoxy) is 1. The van der Waals surface area contributed by atoms with Crippen molar-refractivity contribution in [1.82, 2.24) is 15.3 Å². The zero-order valence-corrected chi connectivity index (χ0v) is 9.32. The van der Waals surface area contributed by atoms with Gasteiger partial charge in [-0.1, -0.05) is 11.6 Å². The number of amides is 1. The van der Waals surface area contributed by atoms with E-state index < -0.39 is 5.91 Å². The molecule has 1 rings (SSSR count). The molecule has 0 fully saturated rings. The van der Waals surface area contributed by atoms with E-state index in [9.17, 15) is 9.59 Å². The molecule has 16 heavy (non-hydrogen) atoms. The van der Waals surface area contributed by atoms with Gasteiger partial charge in [0.05, 0.1) is 25.9 Å². The fourth-order valence-corrected chi connectivity index (χ4v) is 0.998. The van der Waals surface area contributed by atoms with Crippen LogP contribution in [0.2, 0.25) is 5.15 Å². The fraction of sp³-hybridized carbons (Fsp3) is 0.333. The summed E-state index contributed by atoms with van der Waals surface area (Å²) < 4.78 is 4.42. The Morgan fingerprint density at radius 1 is 1.44 bits per heavy atom. The molecular weight excluding hydrogens is 234 g/mol. The van der Waals surface area contributed by atoms with Crippen molar-refractivity contribution in [2.75, 3.05) is 13.7 Å². The first-order chi connectivity index (χ1) is 7.63. The van der Waals surface area contributed by atoms with Crippen molar-refractivity contribution in [2.45, 2.75) is 6.42 Å². The van der Waals surface area contributed by atoms with Crippen LogP contribution in [0, 0.1) is 0 Å². The molecule has 0 radical (unpaired) electrons. The molecule has 0 saturated heterocycles. The number of methoxy groups -OCH3 is 1. The highest BCUT2D eigenvalue weighted by atomic mass is 35.5. The average Bonchev–Trinajstić information content (AvgIpc) is 2.29. The minimum Gasteiger partial charge on any atom is -0.469 e. The Morgan fingerprint density at radius 3 is 2.75 bits per heavy atom. The van der Waals surface area contributed by atoms with Crippen molar-refractivity contribution in [1.29, 1.82) is 0 Å². The maximum atomic E-state index is 11.4. The van der Waals surface area contributed by atoms with Crippen LogP contribution in [0.15, 0.2) is 12.4 Å². The average molecular weight is 244 g/mol. The van der Waals surface area contributed by atoms with Crippen LogP contribution in [-0.4, -0.2) is 35.5 Å². The quantitative estimate of drug-likeness (QED) is 0.776. The van der Waals surface area contributed by atoms with Gasteiger partial charge in [0.25, 0.3) is 5.91 Å². The van der Waals surface area contributed by atoms with E-state index in [-0.39, 0.29) is 29.8 Å². The molecule has 0 unspecified atom stereocenters. The molecule has 1 heterocycles. The highest BCUT2D eigenvalue weighted by Gasteiger charge is 2.08. The molecule has 6 nitrogen and oxygen atoms in total. The van der Waals surface area contributed by atoms with Crippen molar-refractivity contribution >= 4 is 23.5 Å². The minimum atomic E-state index is -0.409. The van der Waals surface area contributed by atoms with E-state index in [0.29, 0.717) is 0 Å². The maximum absolute atomic E-state index is 11.4. The molecule has 0 saturated carbocycles. The Labute approximate surface area is 97.0 Å². The van der Waals surface area contributed by atoms with Crippen LogP contribution in [-0.2, 0) is 9.53 Å². The summed E-state index contributed by atoms with van der Waals surface area (Å²) in [7, 11) is 1.29. The van der Waals surface area contributed by atoms with Gasteiger partial charge in [-0.05, 0) is 0 Å². The Balaban J connectivity index is 2.41. The molecule has 1 aromatic heterocycles. The standard InChI is InChI=1S/C9H10ClN3O3/c1-16-8(14)2-3-11-9(15)6-4-13-7(10)5-12-6/h4-5H,2-3H2,1H3,(H,11,15). The van der Waals surface area contributed by atoms with Crippen LogP contribution < -0.4 is 5.32 Å². The molecule has 0 atom stereocenters. The Morgan fingerprint density at radius 2 is 2.19 bits per heavy atom. The number of esters is 1. The predicted molar refractivity (Wildman–Crippen MR) is 56.0 cm³/mol. The molecule has 7 heteroatoms. The van der Waals surface area contributed by atoms with Gasteiger partial charge in [0.2, 0.25) is 0 Å². The second-order valence-corrected chi connectivity index (χ2v) is 3.19. The zero-order valence-electron chi connectivity index (χ0n) is 8.57. The minimum absolute atomic E-state index is 0.114. The lowest BCUT2D eigenvalue weighted by Gasteiger charge is -2.03. The second-order valence-electron chi connectivity index (χ2n) is 2.81. The van der Waals surface area contributed by atoms with Gasteiger partial charge >= 0.3 is 5.97 Å². The first-order valence-electron chi connectivity index (χ1n) is 4.46. The summed E-state index contributed by atoms with van der Waals surface area (Å²) in [5.41, 5.74) is 0.147. The number of aromatic nitrogens is 2. The van der Waals surface area contributed by atoms with E-state index in [4.69, 9.17) is 11.6 Å². The molecule has 0 aliphatic rings. The Bertz CT molecular complexity index is 380. The summed E-state index contributed by atoms with van der Waals surface area (Å²) in [6, 6.07) is 0. The summed E-state index contributed by atoms with van der Waals surface area (Å²) >= 11 is 5.51. The van der Waals surface area contributed by atoms with Gasteiger partial charge in [0.1, 0.15) is 10.8 Å². The summed E-state index contributed by atoms with van der Waals surface area (Å²) in [6.45, 7) is 0.190. The summed E-state index contributed by atoms with van der Waals surface area (Å²) in [4.78, 5) is 29.7. The van der Waals surface area contributed by atoms with E-state index in [1.165, 1.54) is 19.5 Å². The van der Waals surface area contributed by atoms with E-state index in [1.54, 1.807) is 0 Å². The van der Waals surface area contributed by atoms with Crippen molar-refractivity contribution < 1.29 is 14.3 Å². The van der Waals surface area contributed by atoms with Crippen molar-refractivity contribution in [3.05, 3.63) is 23.2 Å². The molecule has 0 spiro atoms. The molecule has 1 aromatic rings. The molecule has 0 aliphatic carbocycles. The monoisotopic (exact) mass is 243 g/mol. The molecule has 0 aromatic carbocycles. The third-order valence-corrected chi connectivity index (χ3v) is 1.89. The summed E-state index contributed by atoms with van der Waals surface area (Å²) in [5.74, 6) is -0.796. The van der Waals surface area contributed by atoms with Crippen LogP contribution in [0.25, 0.3) is 0 Å². The number of nitrogens with one attached hydrogen (secondary N) is 1. The Kier molecular flexibility index (Phi) is 4.65. The van der Waals surface area contributed by atoms with Gasteiger partial charge in [-0.15, -0.1) is 0 Å². The number of carbonyl (C=O) groups is 2. The van der Waals surface area contributed by atoms with Crippen molar-refractivity contribution in [3.63, 3.8) is 0 Å². The topological polar surface area (TPSA) is 81.2 Å². The number of hydrogen-bond acceptors (Lipinski definition) is 5. The molecule has 1 N–H and O–H groups in total. The third-order valence-electron chi connectivity index (χ3n) is 1.70. The zero-order chi connectivity index (χ0) is 12.0. The maximum Gasteiger partial charge on any atom is 0.307 e. The van der Waals surface area contributed by atoms with Gasteiger partial charge in [0.15, 0.2) is 0 Å². The molecular formula is C9H10ClN3O3. The first-order valence-corrected chi connectivity index (χ1v) is 4.84. The van der Waals surface area contributed by atoms with Crippen molar-refractivity contribution in [2.24, 2.45) is 0 Å². The fourth-order valence-electron chi connectivity index (χ4n) is 0.900. The van der Waals surface area contributed by atoms with Crippen LogP contribution in [0.4, 0.5) is 0 Å². The van der Waals surface area contributed by atoms with Crippen LogP contribution in [0.5, 0.6) is 0 Å². The second kappa shape index (κ2) is 6.02. The van der Waals surface area contributed by atoms with Crippen LogP contribution >= 0.6 is 11.6 Å². The largest absolute Gasteiger partial charge is 0.469 e. The highest BCUT2D eigenvalue weighted by molar-refractivity contribution is 6.29. The SMILES string of the molecule is COC(=O)CCNC(=O)c1cnc(Cl)cn1. The highest BCUT2D eigenvalue weighted by Crippen LogP contribution is 2.00. The summed E-state index contributed by atoms with van der Waals surface area (Å²) in [5, 5.41) is 2.71. The van der Waals surface area contributed by atoms with E-state index in [2.05, 4.69) is 20.0 Å². The van der Waals surface area contributed by atoms with E-state index in [1.807, 2.05) is 0 Å². The summed E-state index contributed by atoms with van der Waals surface area (Å²) in [6.07, 6.45) is 2.65. The van der Waals surface area contributed by atoms with Crippen LogP contribution in [0.3, 0.4) is 0 Å². The molecule has 0 aliphatic heterocycles. The van der Waals surface area contributed by atoms with Gasteiger partial charge in [-0.3, -0.25) is 9.59 Å². The number of rotatable bonds is 4. The predicted octanol–water partition coefficient (Wildman–Crippen LogP) is 0.423. The third kappa shape index (κ3) is 3.82. The molecule has 1 amide bonds. The Hall–Kier alpha value is -1.69. The van der Waals surface area contributed by atoms with Gasteiger partial charge in [-0.2, -0.15) is 0 Å².